The summed E-state index contributed by atoms with van der Waals surface area (Å²) in [5.74, 6) is 0.0544. The van der Waals surface area contributed by atoms with E-state index in [2.05, 4.69) is 5.32 Å². The lowest BCUT2D eigenvalue weighted by molar-refractivity contribution is -0.118. The van der Waals surface area contributed by atoms with Gasteiger partial charge in [-0.25, -0.2) is 0 Å². The predicted molar refractivity (Wildman–Crippen MR) is 53.2 cm³/mol. The normalized spacial score (nSPS) is 28.1. The molecule has 1 saturated carbocycles. The molecule has 1 rings (SSSR count). The molecule has 0 atom stereocenters. The van der Waals surface area contributed by atoms with Crippen molar-refractivity contribution in [3.63, 3.8) is 0 Å². The molecule has 1 aliphatic rings. The van der Waals surface area contributed by atoms with E-state index >= 15 is 0 Å². The summed E-state index contributed by atoms with van der Waals surface area (Å²) in [5, 5.41) is 2.94. The number of amides is 1. The Morgan fingerprint density at radius 2 is 2.23 bits per heavy atom. The topological polar surface area (TPSA) is 55.1 Å². The zero-order valence-corrected chi connectivity index (χ0v) is 8.34. The predicted octanol–water partition coefficient (Wildman–Crippen LogP) is 0.949. The fourth-order valence-corrected chi connectivity index (χ4v) is 1.48. The third-order valence-corrected chi connectivity index (χ3v) is 2.38. The van der Waals surface area contributed by atoms with Crippen LogP contribution in [-0.4, -0.2) is 18.0 Å². The zero-order valence-electron chi connectivity index (χ0n) is 8.34. The molecular weight excluding hydrogens is 164 g/mol. The van der Waals surface area contributed by atoms with E-state index in [0.29, 0.717) is 12.1 Å². The Labute approximate surface area is 79.4 Å². The maximum atomic E-state index is 11.4. The maximum Gasteiger partial charge on any atom is 0.246 e. The molecule has 3 N–H and O–H groups in total. The Hall–Kier alpha value is -0.830. The fraction of sp³-hybridized carbons (Fsp3) is 0.700. The summed E-state index contributed by atoms with van der Waals surface area (Å²) in [6.45, 7) is 3.87. The van der Waals surface area contributed by atoms with Gasteiger partial charge in [0, 0.05) is 17.7 Å². The summed E-state index contributed by atoms with van der Waals surface area (Å²) >= 11 is 0. The molecule has 0 aliphatic heterocycles. The molecule has 0 radical (unpaired) electrons. The molecule has 1 fully saturated rings. The molecule has 0 aromatic rings. The Kier molecular flexibility index (Phi) is 3.48. The van der Waals surface area contributed by atoms with E-state index in [1.807, 2.05) is 19.9 Å². The second-order valence-corrected chi connectivity index (χ2v) is 3.70. The number of carbonyl (C=O) groups excluding carboxylic acids is 1. The van der Waals surface area contributed by atoms with Gasteiger partial charge in [-0.1, -0.05) is 13.0 Å². The number of hydrogen-bond acceptors (Lipinski definition) is 2. The van der Waals surface area contributed by atoms with E-state index in [9.17, 15) is 4.79 Å². The van der Waals surface area contributed by atoms with E-state index in [4.69, 9.17) is 5.73 Å². The summed E-state index contributed by atoms with van der Waals surface area (Å²) in [4.78, 5) is 11.4. The van der Waals surface area contributed by atoms with Crippen molar-refractivity contribution in [2.45, 2.75) is 45.2 Å². The smallest absolute Gasteiger partial charge is 0.246 e. The number of nitrogens with two attached hydrogens (primary N) is 1. The number of nitrogens with one attached hydrogen (secondary N) is 1. The van der Waals surface area contributed by atoms with Crippen LogP contribution in [0, 0.1) is 0 Å². The van der Waals surface area contributed by atoms with Crippen molar-refractivity contribution in [1.29, 1.82) is 0 Å². The van der Waals surface area contributed by atoms with Gasteiger partial charge in [0.1, 0.15) is 0 Å². The molecule has 74 valence electrons. The van der Waals surface area contributed by atoms with Crippen molar-refractivity contribution >= 4 is 5.91 Å². The first-order chi connectivity index (χ1) is 6.13. The summed E-state index contributed by atoms with van der Waals surface area (Å²) < 4.78 is 0. The van der Waals surface area contributed by atoms with E-state index in [0.717, 1.165) is 24.8 Å². The van der Waals surface area contributed by atoms with Crippen LogP contribution in [0.4, 0.5) is 0 Å². The number of carbonyl (C=O) groups is 1. The lowest BCUT2D eigenvalue weighted by Crippen LogP contribution is -2.50. The van der Waals surface area contributed by atoms with Crippen LogP contribution in [0.2, 0.25) is 0 Å². The molecule has 3 nitrogen and oxygen atoms in total. The number of hydrogen-bond donors (Lipinski definition) is 2. The minimum absolute atomic E-state index is 0.0544. The first-order valence-electron chi connectivity index (χ1n) is 4.86. The van der Waals surface area contributed by atoms with Gasteiger partial charge < -0.3 is 11.1 Å². The summed E-state index contributed by atoms with van der Waals surface area (Å²) in [5.41, 5.74) is 6.42. The molecule has 0 heterocycles. The SMILES string of the molecule is CC/C=C(/C)C(=O)NC1CC(N)C1. The van der Waals surface area contributed by atoms with Crippen molar-refractivity contribution in [1.82, 2.24) is 5.32 Å². The van der Waals surface area contributed by atoms with Gasteiger partial charge in [0.15, 0.2) is 0 Å². The second kappa shape index (κ2) is 4.42. The van der Waals surface area contributed by atoms with Crippen LogP contribution < -0.4 is 11.1 Å². The molecule has 0 bridgehead atoms. The Morgan fingerprint density at radius 1 is 1.62 bits per heavy atom. The highest BCUT2D eigenvalue weighted by Gasteiger charge is 2.27. The molecule has 0 spiro atoms. The summed E-state index contributed by atoms with van der Waals surface area (Å²) in [7, 11) is 0. The van der Waals surface area contributed by atoms with Crippen LogP contribution in [0.1, 0.15) is 33.1 Å². The van der Waals surface area contributed by atoms with Crippen LogP contribution in [0.25, 0.3) is 0 Å². The first-order valence-corrected chi connectivity index (χ1v) is 4.86. The Morgan fingerprint density at radius 3 is 2.69 bits per heavy atom. The van der Waals surface area contributed by atoms with Crippen molar-refractivity contribution in [2.24, 2.45) is 5.73 Å². The fourth-order valence-electron chi connectivity index (χ4n) is 1.48. The molecule has 13 heavy (non-hydrogen) atoms. The van der Waals surface area contributed by atoms with Crippen molar-refractivity contribution in [3.8, 4) is 0 Å². The monoisotopic (exact) mass is 182 g/mol. The van der Waals surface area contributed by atoms with Gasteiger partial charge in [-0.3, -0.25) is 4.79 Å². The van der Waals surface area contributed by atoms with Gasteiger partial charge >= 0.3 is 0 Å². The second-order valence-electron chi connectivity index (χ2n) is 3.70. The lowest BCUT2D eigenvalue weighted by Gasteiger charge is -2.33. The van der Waals surface area contributed by atoms with Crippen LogP contribution in [0.3, 0.4) is 0 Å². The van der Waals surface area contributed by atoms with Gasteiger partial charge in [-0.15, -0.1) is 0 Å². The third-order valence-electron chi connectivity index (χ3n) is 2.38. The molecule has 1 aliphatic carbocycles. The average Bonchev–Trinajstić information content (AvgIpc) is 2.02. The largest absolute Gasteiger partial charge is 0.349 e. The summed E-state index contributed by atoms with van der Waals surface area (Å²) in [6, 6.07) is 0.600. The minimum atomic E-state index is 0.0544. The van der Waals surface area contributed by atoms with E-state index in [1.54, 1.807) is 0 Å². The number of rotatable bonds is 3. The quantitative estimate of drug-likeness (QED) is 0.638. The maximum absolute atomic E-state index is 11.4. The van der Waals surface area contributed by atoms with Gasteiger partial charge in [-0.05, 0) is 26.2 Å². The number of allylic oxidation sites excluding steroid dienone is 1. The van der Waals surface area contributed by atoms with E-state index in [1.165, 1.54) is 0 Å². The van der Waals surface area contributed by atoms with Gasteiger partial charge in [0.2, 0.25) is 5.91 Å². The van der Waals surface area contributed by atoms with Crippen LogP contribution in [0.5, 0.6) is 0 Å². The molecule has 3 heteroatoms. The third kappa shape index (κ3) is 2.84. The molecular formula is C10H18N2O. The first kappa shape index (κ1) is 10.3. The van der Waals surface area contributed by atoms with Crippen LogP contribution >= 0.6 is 0 Å². The van der Waals surface area contributed by atoms with Crippen LogP contribution in [-0.2, 0) is 4.79 Å². The van der Waals surface area contributed by atoms with Gasteiger partial charge in [-0.2, -0.15) is 0 Å². The zero-order chi connectivity index (χ0) is 9.84. The standard InChI is InChI=1S/C10H18N2O/c1-3-4-7(2)10(13)12-9-5-8(11)6-9/h4,8-9H,3,5-6,11H2,1-2H3,(H,12,13)/b7-4-. The Balaban J connectivity index is 2.29. The average molecular weight is 182 g/mol. The van der Waals surface area contributed by atoms with Crippen molar-refractivity contribution in [3.05, 3.63) is 11.6 Å². The van der Waals surface area contributed by atoms with E-state index in [-0.39, 0.29) is 5.91 Å². The highest BCUT2D eigenvalue weighted by Crippen LogP contribution is 2.17. The molecule has 0 saturated heterocycles. The Bertz CT molecular complexity index is 217. The van der Waals surface area contributed by atoms with E-state index < -0.39 is 0 Å². The van der Waals surface area contributed by atoms with Crippen molar-refractivity contribution in [2.75, 3.05) is 0 Å². The summed E-state index contributed by atoms with van der Waals surface area (Å²) in [6.07, 6.45) is 4.69. The lowest BCUT2D eigenvalue weighted by atomic mass is 9.87. The molecule has 1 amide bonds. The molecule has 0 aromatic carbocycles. The van der Waals surface area contributed by atoms with Crippen molar-refractivity contribution < 1.29 is 4.79 Å². The van der Waals surface area contributed by atoms with Gasteiger partial charge in [0.25, 0.3) is 0 Å². The van der Waals surface area contributed by atoms with Crippen LogP contribution in [0.15, 0.2) is 11.6 Å². The van der Waals surface area contributed by atoms with Gasteiger partial charge in [0.05, 0.1) is 0 Å². The minimum Gasteiger partial charge on any atom is -0.349 e. The highest BCUT2D eigenvalue weighted by molar-refractivity contribution is 5.92. The molecule has 0 aromatic heterocycles. The molecule has 0 unspecified atom stereocenters. The highest BCUT2D eigenvalue weighted by atomic mass is 16.1.